The molecule has 0 unspecified atom stereocenters. The van der Waals surface area contributed by atoms with Gasteiger partial charge in [0, 0.05) is 37.0 Å². The van der Waals surface area contributed by atoms with E-state index in [1.54, 1.807) is 25.6 Å². The number of carbonyl (C=O) groups excluding carboxylic acids is 1. The van der Waals surface area contributed by atoms with Crippen LogP contribution in [-0.4, -0.2) is 48.8 Å². The van der Waals surface area contributed by atoms with E-state index in [0.29, 0.717) is 53.0 Å². The highest BCUT2D eigenvalue weighted by atomic mass is 35.5. The van der Waals surface area contributed by atoms with Crippen LogP contribution in [0.3, 0.4) is 0 Å². The molecule has 0 saturated carbocycles. The van der Waals surface area contributed by atoms with Crippen molar-refractivity contribution in [2.24, 2.45) is 0 Å². The molecule has 3 N–H and O–H groups in total. The van der Waals surface area contributed by atoms with Gasteiger partial charge in [0.05, 0.1) is 47.1 Å². The van der Waals surface area contributed by atoms with Crippen molar-refractivity contribution in [1.82, 2.24) is 15.3 Å². The lowest BCUT2D eigenvalue weighted by molar-refractivity contribution is 0.0680. The molecule has 172 valence electrons. The number of methoxy groups -OCH3 is 1. The van der Waals surface area contributed by atoms with E-state index in [4.69, 9.17) is 25.8 Å². The minimum absolute atomic E-state index is 0.0778. The molecule has 3 aromatic rings. The van der Waals surface area contributed by atoms with Gasteiger partial charge >= 0.3 is 0 Å². The first-order valence-corrected chi connectivity index (χ1v) is 11.3. The first-order valence-electron chi connectivity index (χ1n) is 11.0. The number of halogens is 1. The summed E-state index contributed by atoms with van der Waals surface area (Å²) >= 11 is 6.33. The third kappa shape index (κ3) is 4.24. The molecule has 2 aromatic heterocycles. The molecule has 0 spiro atoms. The van der Waals surface area contributed by atoms with E-state index in [0.717, 1.165) is 36.4 Å². The number of ether oxygens (including phenoxy) is 3. The quantitative estimate of drug-likeness (QED) is 0.477. The van der Waals surface area contributed by atoms with E-state index >= 15 is 0 Å². The molecule has 9 heteroatoms. The van der Waals surface area contributed by atoms with Gasteiger partial charge in [-0.2, -0.15) is 0 Å². The fraction of sp³-hybridized carbons (Fsp3) is 0.333. The molecule has 8 nitrogen and oxygen atoms in total. The third-order valence-electron chi connectivity index (χ3n) is 5.90. The van der Waals surface area contributed by atoms with Crippen LogP contribution in [0.1, 0.15) is 28.9 Å². The average Bonchev–Trinajstić information content (AvgIpc) is 3.47. The van der Waals surface area contributed by atoms with E-state index < -0.39 is 0 Å². The number of aromatic nitrogens is 2. The zero-order valence-corrected chi connectivity index (χ0v) is 19.0. The summed E-state index contributed by atoms with van der Waals surface area (Å²) in [4.78, 5) is 20.6. The first kappa shape index (κ1) is 21.6. The lowest BCUT2D eigenvalue weighted by atomic mass is 10.0. The minimum atomic E-state index is -0.141. The Hall–Kier alpha value is -3.23. The van der Waals surface area contributed by atoms with E-state index in [-0.39, 0.29) is 12.0 Å². The number of anilines is 2. The Morgan fingerprint density at radius 2 is 2.24 bits per heavy atom. The molecule has 2 aliphatic rings. The molecule has 5 rings (SSSR count). The molecule has 1 aromatic carbocycles. The number of hydrogen-bond acceptors (Lipinski definition) is 6. The van der Waals surface area contributed by atoms with Crippen molar-refractivity contribution in [3.8, 4) is 22.8 Å². The summed E-state index contributed by atoms with van der Waals surface area (Å²) in [6, 6.07) is 7.32. The number of H-pyrrole nitrogens is 1. The molecule has 1 saturated heterocycles. The third-order valence-corrected chi connectivity index (χ3v) is 6.20. The molecule has 4 heterocycles. The smallest absolute Gasteiger partial charge is 0.255 e. The van der Waals surface area contributed by atoms with Gasteiger partial charge in [0.2, 0.25) is 0 Å². The fourth-order valence-corrected chi connectivity index (χ4v) is 4.57. The lowest BCUT2D eigenvalue weighted by Gasteiger charge is -2.18. The number of carbonyl (C=O) groups is 1. The molecule has 0 radical (unpaired) electrons. The van der Waals surface area contributed by atoms with Crippen LogP contribution in [0.4, 0.5) is 11.4 Å². The molecular formula is C24H25ClN4O4. The van der Waals surface area contributed by atoms with Crippen LogP contribution in [0.2, 0.25) is 5.02 Å². The zero-order chi connectivity index (χ0) is 22.8. The monoisotopic (exact) mass is 468 g/mol. The van der Waals surface area contributed by atoms with Crippen LogP contribution in [0.15, 0.2) is 36.7 Å². The van der Waals surface area contributed by atoms with Crippen LogP contribution in [0.25, 0.3) is 11.3 Å². The molecule has 1 atom stereocenters. The SMILES string of the molecule is COc1c(Cl)cccc1Nc1c(-c2ccncc2OC[C@H]2CCCO2)[nH]c2c1C(=O)NCC2. The summed E-state index contributed by atoms with van der Waals surface area (Å²) in [5, 5.41) is 6.80. The van der Waals surface area contributed by atoms with Gasteiger partial charge in [-0.3, -0.25) is 9.78 Å². The summed E-state index contributed by atoms with van der Waals surface area (Å²) in [5.74, 6) is 0.979. The maximum Gasteiger partial charge on any atom is 0.255 e. The second kappa shape index (κ2) is 9.33. The second-order valence-electron chi connectivity index (χ2n) is 8.00. The normalized spacial score (nSPS) is 17.4. The Balaban J connectivity index is 1.58. The Bertz CT molecular complexity index is 1170. The van der Waals surface area contributed by atoms with Crippen molar-refractivity contribution >= 4 is 28.9 Å². The summed E-state index contributed by atoms with van der Waals surface area (Å²) in [6.07, 6.45) is 6.19. The van der Waals surface area contributed by atoms with Gasteiger partial charge in [0.15, 0.2) is 5.75 Å². The first-order chi connectivity index (χ1) is 16.2. The Morgan fingerprint density at radius 1 is 1.33 bits per heavy atom. The van der Waals surface area contributed by atoms with E-state index in [9.17, 15) is 4.79 Å². The Kier molecular flexibility index (Phi) is 6.11. The Morgan fingerprint density at radius 3 is 3.06 bits per heavy atom. The maximum atomic E-state index is 12.9. The van der Waals surface area contributed by atoms with Crippen molar-refractivity contribution in [2.45, 2.75) is 25.4 Å². The molecule has 2 aliphatic heterocycles. The molecule has 1 amide bonds. The number of benzene rings is 1. The van der Waals surface area contributed by atoms with Gasteiger partial charge in [-0.15, -0.1) is 0 Å². The predicted octanol–water partition coefficient (Wildman–Crippen LogP) is 4.33. The van der Waals surface area contributed by atoms with Gasteiger partial charge in [-0.1, -0.05) is 17.7 Å². The average molecular weight is 469 g/mol. The van der Waals surface area contributed by atoms with Crippen molar-refractivity contribution in [2.75, 3.05) is 32.2 Å². The summed E-state index contributed by atoms with van der Waals surface area (Å²) < 4.78 is 17.3. The van der Waals surface area contributed by atoms with Gasteiger partial charge in [0.1, 0.15) is 12.4 Å². The van der Waals surface area contributed by atoms with Crippen molar-refractivity contribution in [3.63, 3.8) is 0 Å². The second-order valence-corrected chi connectivity index (χ2v) is 8.41. The highest BCUT2D eigenvalue weighted by Gasteiger charge is 2.29. The standard InChI is InChI=1S/C24H25ClN4O4/c1-31-23-16(25)5-2-6-18(23)29-22-20-17(8-10-27-24(20)30)28-21(22)15-7-9-26-12-19(15)33-13-14-4-3-11-32-14/h2,5-7,9,12,14,28-29H,3-4,8,10-11,13H2,1H3,(H,27,30)/t14-/m1/s1. The van der Waals surface area contributed by atoms with Gasteiger partial charge in [-0.25, -0.2) is 0 Å². The molecule has 0 aliphatic carbocycles. The highest BCUT2D eigenvalue weighted by Crippen LogP contribution is 2.42. The molecule has 33 heavy (non-hydrogen) atoms. The fourth-order valence-electron chi connectivity index (χ4n) is 4.32. The van der Waals surface area contributed by atoms with Crippen LogP contribution in [0, 0.1) is 0 Å². The number of amides is 1. The lowest BCUT2D eigenvalue weighted by Crippen LogP contribution is -2.31. The summed E-state index contributed by atoms with van der Waals surface area (Å²) in [5.41, 5.74) is 4.26. The zero-order valence-electron chi connectivity index (χ0n) is 18.2. The highest BCUT2D eigenvalue weighted by molar-refractivity contribution is 6.32. The van der Waals surface area contributed by atoms with Gasteiger partial charge in [-0.05, 0) is 31.0 Å². The van der Waals surface area contributed by atoms with Crippen LogP contribution >= 0.6 is 11.6 Å². The number of nitrogens with zero attached hydrogens (tertiary/aromatic N) is 1. The topological polar surface area (TPSA) is 97.5 Å². The molecule has 0 bridgehead atoms. The Labute approximate surface area is 196 Å². The van der Waals surface area contributed by atoms with Gasteiger partial charge < -0.3 is 29.8 Å². The van der Waals surface area contributed by atoms with Crippen molar-refractivity contribution < 1.29 is 19.0 Å². The number of fused-ring (bicyclic) bond motifs is 1. The van der Waals surface area contributed by atoms with E-state index in [2.05, 4.69) is 20.6 Å². The van der Waals surface area contributed by atoms with E-state index in [1.165, 1.54) is 0 Å². The summed E-state index contributed by atoms with van der Waals surface area (Å²) in [7, 11) is 1.56. The number of pyridine rings is 1. The maximum absolute atomic E-state index is 12.9. The predicted molar refractivity (Wildman–Crippen MR) is 126 cm³/mol. The molecule has 1 fully saturated rings. The molecular weight excluding hydrogens is 444 g/mol. The minimum Gasteiger partial charge on any atom is -0.493 e. The largest absolute Gasteiger partial charge is 0.493 e. The number of rotatable bonds is 7. The van der Waals surface area contributed by atoms with E-state index in [1.807, 2.05) is 18.2 Å². The van der Waals surface area contributed by atoms with Crippen LogP contribution < -0.4 is 20.1 Å². The number of para-hydroxylation sites is 1. The number of hydrogen-bond donors (Lipinski definition) is 3. The number of aromatic amines is 1. The van der Waals surface area contributed by atoms with Crippen molar-refractivity contribution in [1.29, 1.82) is 0 Å². The van der Waals surface area contributed by atoms with Crippen molar-refractivity contribution in [3.05, 3.63) is 52.9 Å². The van der Waals surface area contributed by atoms with Crippen LogP contribution in [0.5, 0.6) is 11.5 Å². The number of nitrogens with one attached hydrogen (secondary N) is 3. The summed E-state index contributed by atoms with van der Waals surface area (Å²) in [6.45, 7) is 1.79. The van der Waals surface area contributed by atoms with Gasteiger partial charge in [0.25, 0.3) is 5.91 Å². The van der Waals surface area contributed by atoms with Crippen LogP contribution in [-0.2, 0) is 11.2 Å².